The van der Waals surface area contributed by atoms with Gasteiger partial charge in [-0.05, 0) is 44.0 Å². The number of anilines is 2. The standard InChI is InChI=1S/C14H19N3O/c1-14(2)7-11(8-15-14)16-10-3-4-12-9(5-10)6-13(18)17-12/h3-5,11,15-16H,6-8H2,1-2H3,(H,17,18). The van der Waals surface area contributed by atoms with Gasteiger partial charge in [0, 0.05) is 29.5 Å². The predicted molar refractivity (Wildman–Crippen MR) is 72.9 cm³/mol. The molecule has 96 valence electrons. The van der Waals surface area contributed by atoms with Crippen LogP contribution in [0.5, 0.6) is 0 Å². The Morgan fingerprint density at radius 2 is 2.22 bits per heavy atom. The van der Waals surface area contributed by atoms with Gasteiger partial charge in [0.05, 0.1) is 6.42 Å². The van der Waals surface area contributed by atoms with Crippen LogP contribution in [0.25, 0.3) is 0 Å². The van der Waals surface area contributed by atoms with Crippen LogP contribution >= 0.6 is 0 Å². The Bertz CT molecular complexity index is 496. The number of carbonyl (C=O) groups excluding carboxylic acids is 1. The van der Waals surface area contributed by atoms with E-state index >= 15 is 0 Å². The normalized spacial score (nSPS) is 24.8. The van der Waals surface area contributed by atoms with E-state index in [1.54, 1.807) is 0 Å². The van der Waals surface area contributed by atoms with Crippen molar-refractivity contribution in [1.82, 2.24) is 5.32 Å². The smallest absolute Gasteiger partial charge is 0.228 e. The lowest BCUT2D eigenvalue weighted by Crippen LogP contribution is -2.31. The summed E-state index contributed by atoms with van der Waals surface area (Å²) in [6, 6.07) is 6.56. The Morgan fingerprint density at radius 1 is 1.39 bits per heavy atom. The van der Waals surface area contributed by atoms with Gasteiger partial charge in [0.15, 0.2) is 0 Å². The molecule has 3 N–H and O–H groups in total. The Morgan fingerprint density at radius 3 is 2.94 bits per heavy atom. The molecule has 0 saturated carbocycles. The van der Waals surface area contributed by atoms with E-state index in [1.165, 1.54) is 0 Å². The highest BCUT2D eigenvalue weighted by molar-refractivity contribution is 5.99. The van der Waals surface area contributed by atoms with Crippen molar-refractivity contribution in [2.75, 3.05) is 17.2 Å². The van der Waals surface area contributed by atoms with Crippen molar-refractivity contribution in [1.29, 1.82) is 0 Å². The number of amides is 1. The molecule has 4 heteroatoms. The van der Waals surface area contributed by atoms with Gasteiger partial charge in [0.1, 0.15) is 0 Å². The molecule has 2 aliphatic heterocycles. The topological polar surface area (TPSA) is 53.2 Å². The minimum Gasteiger partial charge on any atom is -0.381 e. The SMILES string of the molecule is CC1(C)CC(Nc2ccc3c(c2)CC(=O)N3)CN1. The van der Waals surface area contributed by atoms with Crippen molar-refractivity contribution < 1.29 is 4.79 Å². The van der Waals surface area contributed by atoms with E-state index in [0.717, 1.165) is 29.9 Å². The minimum absolute atomic E-state index is 0.0887. The summed E-state index contributed by atoms with van der Waals surface area (Å²) in [6.07, 6.45) is 1.61. The quantitative estimate of drug-likeness (QED) is 0.744. The van der Waals surface area contributed by atoms with Crippen molar-refractivity contribution in [3.8, 4) is 0 Å². The number of fused-ring (bicyclic) bond motifs is 1. The van der Waals surface area contributed by atoms with Crippen LogP contribution < -0.4 is 16.0 Å². The molecule has 4 nitrogen and oxygen atoms in total. The van der Waals surface area contributed by atoms with E-state index in [1.807, 2.05) is 12.1 Å². The second-order valence-corrected chi connectivity index (χ2v) is 5.91. The number of hydrogen-bond acceptors (Lipinski definition) is 3. The number of nitrogens with one attached hydrogen (secondary N) is 3. The molecule has 1 amide bonds. The molecule has 18 heavy (non-hydrogen) atoms. The highest BCUT2D eigenvalue weighted by Crippen LogP contribution is 2.28. The first-order valence-corrected chi connectivity index (χ1v) is 6.46. The molecule has 0 bridgehead atoms. The summed E-state index contributed by atoms with van der Waals surface area (Å²) in [5.41, 5.74) is 3.37. The highest BCUT2D eigenvalue weighted by Gasteiger charge is 2.30. The third-order valence-corrected chi connectivity index (χ3v) is 3.68. The largest absolute Gasteiger partial charge is 0.381 e. The Hall–Kier alpha value is -1.55. The molecular weight excluding hydrogens is 226 g/mol. The van der Waals surface area contributed by atoms with Crippen LogP contribution in [0.4, 0.5) is 11.4 Å². The van der Waals surface area contributed by atoms with E-state index in [9.17, 15) is 4.79 Å². The van der Waals surface area contributed by atoms with Crippen molar-refractivity contribution >= 4 is 17.3 Å². The van der Waals surface area contributed by atoms with Gasteiger partial charge in [-0.15, -0.1) is 0 Å². The summed E-state index contributed by atoms with van der Waals surface area (Å²) < 4.78 is 0. The molecule has 1 aromatic rings. The zero-order chi connectivity index (χ0) is 12.8. The monoisotopic (exact) mass is 245 g/mol. The Kier molecular flexibility index (Phi) is 2.55. The summed E-state index contributed by atoms with van der Waals surface area (Å²) in [5, 5.41) is 9.89. The summed E-state index contributed by atoms with van der Waals surface area (Å²) >= 11 is 0. The van der Waals surface area contributed by atoms with Gasteiger partial charge in [0.2, 0.25) is 5.91 Å². The van der Waals surface area contributed by atoms with Gasteiger partial charge in [-0.1, -0.05) is 0 Å². The lowest BCUT2D eigenvalue weighted by molar-refractivity contribution is -0.115. The zero-order valence-electron chi connectivity index (χ0n) is 10.8. The fourth-order valence-electron chi connectivity index (χ4n) is 2.82. The second kappa shape index (κ2) is 3.99. The van der Waals surface area contributed by atoms with Crippen LogP contribution in [-0.4, -0.2) is 24.0 Å². The van der Waals surface area contributed by atoms with E-state index in [-0.39, 0.29) is 11.4 Å². The molecule has 1 unspecified atom stereocenters. The van der Waals surface area contributed by atoms with E-state index in [4.69, 9.17) is 0 Å². The molecule has 0 aliphatic carbocycles. The van der Waals surface area contributed by atoms with Gasteiger partial charge in [0.25, 0.3) is 0 Å². The maximum atomic E-state index is 11.3. The Labute approximate surface area is 107 Å². The molecule has 3 rings (SSSR count). The van der Waals surface area contributed by atoms with E-state index in [0.29, 0.717) is 12.5 Å². The molecule has 1 fully saturated rings. The summed E-state index contributed by atoms with van der Waals surface area (Å²) in [5.74, 6) is 0.0887. The first kappa shape index (κ1) is 11.5. The second-order valence-electron chi connectivity index (χ2n) is 5.91. The van der Waals surface area contributed by atoms with Crippen molar-refractivity contribution in [3.63, 3.8) is 0 Å². The van der Waals surface area contributed by atoms with E-state index < -0.39 is 0 Å². The molecule has 2 aliphatic rings. The zero-order valence-corrected chi connectivity index (χ0v) is 10.8. The summed E-state index contributed by atoms with van der Waals surface area (Å²) in [6.45, 7) is 5.43. The summed E-state index contributed by atoms with van der Waals surface area (Å²) in [4.78, 5) is 11.3. The molecular formula is C14H19N3O. The predicted octanol–water partition coefficient (Wildman–Crippen LogP) is 1.73. The number of rotatable bonds is 2. The average Bonchev–Trinajstić information content (AvgIpc) is 2.80. The average molecular weight is 245 g/mol. The fraction of sp³-hybridized carbons (Fsp3) is 0.500. The van der Waals surface area contributed by atoms with Gasteiger partial charge < -0.3 is 16.0 Å². The number of carbonyl (C=O) groups is 1. The summed E-state index contributed by atoms with van der Waals surface area (Å²) in [7, 11) is 0. The third kappa shape index (κ3) is 2.20. The maximum Gasteiger partial charge on any atom is 0.228 e. The van der Waals surface area contributed by atoms with Crippen LogP contribution in [0, 0.1) is 0 Å². The van der Waals surface area contributed by atoms with Crippen molar-refractivity contribution in [3.05, 3.63) is 23.8 Å². The van der Waals surface area contributed by atoms with Crippen LogP contribution in [0.2, 0.25) is 0 Å². The highest BCUT2D eigenvalue weighted by atomic mass is 16.1. The first-order chi connectivity index (χ1) is 8.52. The molecule has 0 radical (unpaired) electrons. The lowest BCUT2D eigenvalue weighted by atomic mass is 10.0. The Balaban J connectivity index is 1.71. The lowest BCUT2D eigenvalue weighted by Gasteiger charge is -2.18. The van der Waals surface area contributed by atoms with Crippen molar-refractivity contribution in [2.24, 2.45) is 0 Å². The minimum atomic E-state index is 0.0887. The molecule has 1 aromatic carbocycles. The molecule has 0 aromatic heterocycles. The van der Waals surface area contributed by atoms with Crippen LogP contribution in [0.3, 0.4) is 0 Å². The van der Waals surface area contributed by atoms with Crippen LogP contribution in [0.15, 0.2) is 18.2 Å². The van der Waals surface area contributed by atoms with E-state index in [2.05, 4.69) is 35.9 Å². The molecule has 1 saturated heterocycles. The number of benzene rings is 1. The van der Waals surface area contributed by atoms with Crippen molar-refractivity contribution in [2.45, 2.75) is 38.3 Å². The van der Waals surface area contributed by atoms with Gasteiger partial charge >= 0.3 is 0 Å². The van der Waals surface area contributed by atoms with Gasteiger partial charge in [-0.3, -0.25) is 4.79 Å². The maximum absolute atomic E-state index is 11.3. The molecule has 1 atom stereocenters. The number of hydrogen-bond donors (Lipinski definition) is 3. The van der Waals surface area contributed by atoms with Gasteiger partial charge in [-0.25, -0.2) is 0 Å². The molecule has 2 heterocycles. The van der Waals surface area contributed by atoms with Crippen LogP contribution in [-0.2, 0) is 11.2 Å². The first-order valence-electron chi connectivity index (χ1n) is 6.46. The van der Waals surface area contributed by atoms with Crippen LogP contribution in [0.1, 0.15) is 25.8 Å². The fourth-order valence-corrected chi connectivity index (χ4v) is 2.82. The third-order valence-electron chi connectivity index (χ3n) is 3.68. The van der Waals surface area contributed by atoms with Gasteiger partial charge in [-0.2, -0.15) is 0 Å². The molecule has 0 spiro atoms.